The molecule has 13 nitrogen and oxygen atoms in total. The molecule has 6 heterocycles. The zero-order chi connectivity index (χ0) is 25.5. The highest BCUT2D eigenvalue weighted by Crippen LogP contribution is 2.43. The van der Waals surface area contributed by atoms with Crippen LogP contribution in [0.3, 0.4) is 0 Å². The summed E-state index contributed by atoms with van der Waals surface area (Å²) in [6, 6.07) is 5.75. The number of nitrogens with zero attached hydrogens (tertiary/aromatic N) is 6. The van der Waals surface area contributed by atoms with E-state index in [0.29, 0.717) is 86.0 Å². The summed E-state index contributed by atoms with van der Waals surface area (Å²) in [6.45, 7) is 3.46. The number of carbonyl (C=O) groups excluding carboxylic acids is 1. The number of oxazole rings is 1. The molecule has 0 spiro atoms. The van der Waals surface area contributed by atoms with Crippen LogP contribution in [0, 0.1) is 0 Å². The number of methoxy groups -OCH3 is 1. The monoisotopic (exact) mass is 509 g/mol. The Balaban J connectivity index is 1.47. The number of carbonyl (C=O) groups is 1. The van der Waals surface area contributed by atoms with Gasteiger partial charge in [-0.1, -0.05) is 0 Å². The zero-order valence-electron chi connectivity index (χ0n) is 20.2. The number of anilines is 3. The molecule has 0 bridgehead atoms. The van der Waals surface area contributed by atoms with Gasteiger partial charge >= 0.3 is 0 Å². The molecule has 3 aromatic rings. The van der Waals surface area contributed by atoms with Gasteiger partial charge in [-0.3, -0.25) is 9.69 Å². The summed E-state index contributed by atoms with van der Waals surface area (Å²) < 4.78 is 22.6. The second-order valence-corrected chi connectivity index (χ2v) is 9.00. The van der Waals surface area contributed by atoms with Crippen molar-refractivity contribution in [3.8, 4) is 5.88 Å². The maximum absolute atomic E-state index is 12.5. The van der Waals surface area contributed by atoms with Gasteiger partial charge in [-0.15, -0.1) is 0 Å². The summed E-state index contributed by atoms with van der Waals surface area (Å²) in [7, 11) is 1.54. The molecule has 0 radical (unpaired) electrons. The van der Waals surface area contributed by atoms with E-state index in [4.69, 9.17) is 29.3 Å². The average Bonchev–Trinajstić information content (AvgIpc) is 3.66. The van der Waals surface area contributed by atoms with Crippen molar-refractivity contribution in [3.05, 3.63) is 41.9 Å². The second kappa shape index (κ2) is 9.41. The quantitative estimate of drug-likeness (QED) is 0.485. The van der Waals surface area contributed by atoms with Gasteiger partial charge in [0.15, 0.2) is 11.4 Å². The summed E-state index contributed by atoms with van der Waals surface area (Å²) in [5.74, 6) is 0.321. The molecule has 37 heavy (non-hydrogen) atoms. The Bertz CT molecular complexity index is 1340. The van der Waals surface area contributed by atoms with Gasteiger partial charge in [-0.2, -0.15) is 4.98 Å². The average molecular weight is 510 g/mol. The molecule has 2 fully saturated rings. The molecule has 6 rings (SSSR count). The van der Waals surface area contributed by atoms with E-state index < -0.39 is 18.2 Å². The lowest BCUT2D eigenvalue weighted by molar-refractivity contribution is -0.114. The Morgan fingerprint density at radius 3 is 2.70 bits per heavy atom. The topological polar surface area (TPSA) is 153 Å². The molecular formula is C24H27N7O6. The highest BCUT2D eigenvalue weighted by Gasteiger charge is 2.38. The van der Waals surface area contributed by atoms with Crippen molar-refractivity contribution >= 4 is 34.7 Å². The molecule has 0 aromatic carbocycles. The number of pyridine rings is 2. The minimum Gasteiger partial charge on any atom is -0.481 e. The van der Waals surface area contributed by atoms with Gasteiger partial charge in [0.05, 0.1) is 32.1 Å². The van der Waals surface area contributed by atoms with Crippen molar-refractivity contribution in [3.63, 3.8) is 0 Å². The lowest BCUT2D eigenvalue weighted by Crippen LogP contribution is -2.36. The molecule has 3 aromatic heterocycles. The lowest BCUT2D eigenvalue weighted by Gasteiger charge is -2.30. The largest absolute Gasteiger partial charge is 0.481 e. The fraction of sp³-hybridized carbons (Fsp3) is 0.417. The standard InChI is InChI=1S/C24H27N7O6/c1-34-19-3-2-14(11-26-19)23-31(17(13-36-23)20(25)33)16-10-18-21(27-22(16)30-5-4-15(32)12-30)28-24(37-18)29-6-8-35-9-7-29/h2-3,10-11,13,15,23,32H,4-9,12H2,1H3,(H2,25,33)/t15?,23-/m1/s1. The molecule has 2 atom stereocenters. The number of hydrogen-bond donors (Lipinski definition) is 2. The highest BCUT2D eigenvalue weighted by molar-refractivity contribution is 5.98. The molecule has 3 N–H and O–H groups in total. The number of aliphatic hydroxyl groups excluding tert-OH is 1. The van der Waals surface area contributed by atoms with E-state index in [2.05, 4.69) is 9.97 Å². The van der Waals surface area contributed by atoms with Crippen LogP contribution in [0.25, 0.3) is 11.2 Å². The molecule has 3 aliphatic rings. The number of amides is 1. The third-order valence-corrected chi connectivity index (χ3v) is 6.64. The van der Waals surface area contributed by atoms with Crippen molar-refractivity contribution in [2.75, 3.05) is 61.2 Å². The van der Waals surface area contributed by atoms with E-state index in [9.17, 15) is 9.90 Å². The van der Waals surface area contributed by atoms with E-state index in [1.165, 1.54) is 13.4 Å². The molecule has 194 valence electrons. The maximum atomic E-state index is 12.5. The molecule has 1 unspecified atom stereocenters. The first-order valence-electron chi connectivity index (χ1n) is 12.0. The SMILES string of the molecule is COc1ccc([C@H]2OC=C(C(N)=O)N2c2cc3oc(N4CCOCC4)nc3nc2N2CCC(O)C2)cn1. The van der Waals surface area contributed by atoms with Crippen molar-refractivity contribution in [2.24, 2.45) is 5.73 Å². The van der Waals surface area contributed by atoms with Crippen LogP contribution in [-0.4, -0.2) is 78.6 Å². The Morgan fingerprint density at radius 1 is 1.19 bits per heavy atom. The number of morpholine rings is 1. The van der Waals surface area contributed by atoms with Gasteiger partial charge in [-0.25, -0.2) is 9.97 Å². The van der Waals surface area contributed by atoms with Gasteiger partial charge in [0, 0.05) is 50.1 Å². The number of nitrogens with two attached hydrogens (primary N) is 1. The van der Waals surface area contributed by atoms with Crippen LogP contribution in [0.15, 0.2) is 40.8 Å². The van der Waals surface area contributed by atoms with Crippen molar-refractivity contribution < 1.29 is 28.5 Å². The number of β-amino-alcohol motifs (C(OH)–C–C–N with tert-alkyl or cyclic N) is 1. The van der Waals surface area contributed by atoms with Crippen molar-refractivity contribution in [1.82, 2.24) is 15.0 Å². The first-order chi connectivity index (χ1) is 18.0. The summed E-state index contributed by atoms with van der Waals surface area (Å²) in [4.78, 5) is 31.9. The van der Waals surface area contributed by atoms with Crippen LogP contribution in [-0.2, 0) is 14.3 Å². The molecule has 0 saturated carbocycles. The molecule has 1 amide bonds. The fourth-order valence-corrected chi connectivity index (χ4v) is 4.76. The molecule has 0 aliphatic carbocycles. The summed E-state index contributed by atoms with van der Waals surface area (Å²) in [5, 5.41) is 10.3. The number of hydrogen-bond acceptors (Lipinski definition) is 12. The zero-order valence-corrected chi connectivity index (χ0v) is 20.2. The van der Waals surface area contributed by atoms with E-state index in [0.717, 1.165) is 0 Å². The molecule has 2 saturated heterocycles. The van der Waals surface area contributed by atoms with Gasteiger partial charge < -0.3 is 39.3 Å². The van der Waals surface area contributed by atoms with Gasteiger partial charge in [0.1, 0.15) is 12.0 Å². The van der Waals surface area contributed by atoms with Crippen molar-refractivity contribution in [2.45, 2.75) is 18.8 Å². The van der Waals surface area contributed by atoms with E-state index >= 15 is 0 Å². The third-order valence-electron chi connectivity index (χ3n) is 6.64. The first kappa shape index (κ1) is 23.3. The number of aromatic nitrogens is 3. The number of fused-ring (bicyclic) bond motifs is 1. The first-order valence-corrected chi connectivity index (χ1v) is 12.0. The Morgan fingerprint density at radius 2 is 2.03 bits per heavy atom. The molecule has 13 heteroatoms. The second-order valence-electron chi connectivity index (χ2n) is 9.00. The normalized spacial score (nSPS) is 21.9. The minimum absolute atomic E-state index is 0.149. The van der Waals surface area contributed by atoms with Crippen LogP contribution >= 0.6 is 0 Å². The van der Waals surface area contributed by atoms with E-state index in [1.54, 1.807) is 29.3 Å². The summed E-state index contributed by atoms with van der Waals surface area (Å²) in [5.41, 5.74) is 7.99. The number of aliphatic hydroxyl groups is 1. The van der Waals surface area contributed by atoms with Crippen LogP contribution < -0.4 is 25.2 Å². The highest BCUT2D eigenvalue weighted by atomic mass is 16.5. The minimum atomic E-state index is -0.743. The van der Waals surface area contributed by atoms with Crippen LogP contribution in [0.5, 0.6) is 5.88 Å². The lowest BCUT2D eigenvalue weighted by atomic mass is 10.2. The van der Waals surface area contributed by atoms with E-state index in [-0.39, 0.29) is 5.70 Å². The predicted octanol–water partition coefficient (Wildman–Crippen LogP) is 0.896. The molecule has 3 aliphatic heterocycles. The van der Waals surface area contributed by atoms with Crippen LogP contribution in [0.1, 0.15) is 18.2 Å². The maximum Gasteiger partial charge on any atom is 0.300 e. The Kier molecular flexibility index (Phi) is 5.93. The third kappa shape index (κ3) is 4.25. The van der Waals surface area contributed by atoms with Crippen LogP contribution in [0.2, 0.25) is 0 Å². The van der Waals surface area contributed by atoms with Crippen LogP contribution in [0.4, 0.5) is 17.5 Å². The number of rotatable bonds is 6. The summed E-state index contributed by atoms with van der Waals surface area (Å²) in [6.07, 6.45) is 2.31. The Hall–Kier alpha value is -4.10. The van der Waals surface area contributed by atoms with E-state index in [1.807, 2.05) is 9.80 Å². The van der Waals surface area contributed by atoms with Gasteiger partial charge in [0.25, 0.3) is 11.9 Å². The fourth-order valence-electron chi connectivity index (χ4n) is 4.76. The smallest absolute Gasteiger partial charge is 0.300 e. The predicted molar refractivity (Wildman–Crippen MR) is 132 cm³/mol. The van der Waals surface area contributed by atoms with Gasteiger partial charge in [0.2, 0.25) is 17.8 Å². The van der Waals surface area contributed by atoms with Crippen molar-refractivity contribution in [1.29, 1.82) is 0 Å². The molecular weight excluding hydrogens is 482 g/mol. The number of ether oxygens (including phenoxy) is 3. The summed E-state index contributed by atoms with van der Waals surface area (Å²) >= 11 is 0. The number of primary amides is 1. The van der Waals surface area contributed by atoms with Gasteiger partial charge in [-0.05, 0) is 12.5 Å². The Labute approximate surface area is 212 Å².